The quantitative estimate of drug-likeness (QED) is 0.349. The molecule has 0 spiro atoms. The van der Waals surface area contributed by atoms with Crippen molar-refractivity contribution in [3.8, 4) is 0 Å². The zero-order valence-corrected chi connectivity index (χ0v) is 13.7. The van der Waals surface area contributed by atoms with Gasteiger partial charge in [-0.05, 0) is 12.1 Å². The third kappa shape index (κ3) is 2.75. The Bertz CT molecular complexity index is 405. The molecule has 0 radical (unpaired) electrons. The fourth-order valence-corrected chi connectivity index (χ4v) is 3.57. The van der Waals surface area contributed by atoms with Gasteiger partial charge in [0, 0.05) is 24.9 Å². The summed E-state index contributed by atoms with van der Waals surface area (Å²) < 4.78 is 1.18. The normalized spacial score (nSPS) is 28.9. The summed E-state index contributed by atoms with van der Waals surface area (Å²) in [5, 5.41) is 0.575. The minimum absolute atomic E-state index is 0. The maximum atomic E-state index is 5.82. The first kappa shape index (κ1) is 14.3. The summed E-state index contributed by atoms with van der Waals surface area (Å²) in [4.78, 5) is 6.62. The maximum Gasteiger partial charge on any atom is 0.129 e. The van der Waals surface area contributed by atoms with Crippen molar-refractivity contribution in [2.75, 3.05) is 45.2 Å². The molecule has 2 atom stereocenters. The van der Waals surface area contributed by atoms with Crippen LogP contribution in [0.3, 0.4) is 0 Å². The van der Waals surface area contributed by atoms with E-state index in [9.17, 15) is 0 Å². The van der Waals surface area contributed by atoms with Crippen LogP contribution >= 0.6 is 11.6 Å². The van der Waals surface area contributed by atoms with E-state index >= 15 is 0 Å². The molecular formula is C13H19ClIN3. The second kappa shape index (κ2) is 5.13. The number of quaternary nitrogens is 1. The van der Waals surface area contributed by atoms with Crippen LogP contribution in [-0.4, -0.2) is 49.7 Å². The second-order valence-corrected chi connectivity index (χ2v) is 6.45. The van der Waals surface area contributed by atoms with E-state index in [1.54, 1.807) is 0 Å². The van der Waals surface area contributed by atoms with Gasteiger partial charge >= 0.3 is 0 Å². The molecule has 0 aromatic carbocycles. The molecule has 100 valence electrons. The lowest BCUT2D eigenvalue weighted by Gasteiger charge is -2.27. The molecule has 3 heterocycles. The van der Waals surface area contributed by atoms with Gasteiger partial charge in [0.2, 0.25) is 0 Å². The largest absolute Gasteiger partial charge is 1.00 e. The molecule has 0 aliphatic carbocycles. The average molecular weight is 380 g/mol. The molecule has 0 bridgehead atoms. The summed E-state index contributed by atoms with van der Waals surface area (Å²) >= 11 is 5.82. The van der Waals surface area contributed by atoms with Crippen LogP contribution in [0.4, 0.5) is 5.69 Å². The standard InChI is InChI=1S/C13H19ClN3.HI/c1-17(2)8-10-6-16(7-11(10)9-17)12-3-4-13(14)15-5-12;/h3-5,10-11H,6-9H2,1-2H3;1H/q+1;/p-1/t10-,11+;. The number of nitrogens with zero attached hydrogens (tertiary/aromatic N) is 3. The molecule has 0 saturated carbocycles. The van der Waals surface area contributed by atoms with E-state index in [2.05, 4.69) is 30.0 Å². The summed E-state index contributed by atoms with van der Waals surface area (Å²) in [5.41, 5.74) is 1.22. The molecule has 3 rings (SSSR count). The van der Waals surface area contributed by atoms with E-state index in [0.717, 1.165) is 11.8 Å². The Morgan fingerprint density at radius 2 is 1.83 bits per heavy atom. The average Bonchev–Trinajstić information content (AvgIpc) is 2.72. The first-order valence-electron chi connectivity index (χ1n) is 6.22. The smallest absolute Gasteiger partial charge is 0.129 e. The van der Waals surface area contributed by atoms with Gasteiger partial charge in [-0.15, -0.1) is 0 Å². The van der Waals surface area contributed by atoms with E-state index in [1.807, 2.05) is 12.3 Å². The molecule has 5 heteroatoms. The first-order chi connectivity index (χ1) is 8.03. The minimum Gasteiger partial charge on any atom is -1.00 e. The van der Waals surface area contributed by atoms with Crippen LogP contribution in [0.1, 0.15) is 0 Å². The van der Waals surface area contributed by atoms with E-state index in [1.165, 1.54) is 36.3 Å². The second-order valence-electron chi connectivity index (χ2n) is 6.07. The number of anilines is 1. The lowest BCUT2D eigenvalue weighted by atomic mass is 10.0. The third-order valence-electron chi connectivity index (χ3n) is 4.11. The number of halogens is 2. The Hall–Kier alpha value is -0.0700. The Morgan fingerprint density at radius 3 is 2.33 bits per heavy atom. The number of likely N-dealkylation sites (tertiary alicyclic amines) is 1. The zero-order chi connectivity index (χ0) is 12.0. The van der Waals surface area contributed by atoms with Gasteiger partial charge in [0.1, 0.15) is 5.15 Å². The van der Waals surface area contributed by atoms with Crippen molar-refractivity contribution in [2.24, 2.45) is 11.8 Å². The van der Waals surface area contributed by atoms with Crippen molar-refractivity contribution in [3.63, 3.8) is 0 Å². The van der Waals surface area contributed by atoms with Crippen molar-refractivity contribution in [3.05, 3.63) is 23.5 Å². The summed E-state index contributed by atoms with van der Waals surface area (Å²) in [6.07, 6.45) is 1.89. The Morgan fingerprint density at radius 1 is 1.22 bits per heavy atom. The number of hydrogen-bond donors (Lipinski definition) is 0. The van der Waals surface area contributed by atoms with Crippen LogP contribution in [0.2, 0.25) is 5.15 Å². The minimum atomic E-state index is 0. The molecular weight excluding hydrogens is 361 g/mol. The van der Waals surface area contributed by atoms with Crippen LogP contribution in [0, 0.1) is 11.8 Å². The van der Waals surface area contributed by atoms with Gasteiger partial charge in [0.15, 0.2) is 0 Å². The fraction of sp³-hybridized carbons (Fsp3) is 0.615. The van der Waals surface area contributed by atoms with E-state index in [-0.39, 0.29) is 24.0 Å². The zero-order valence-electron chi connectivity index (χ0n) is 10.8. The van der Waals surface area contributed by atoms with Gasteiger partial charge in [-0.25, -0.2) is 4.98 Å². The SMILES string of the molecule is C[N+]1(C)C[C@H]2CN(c3ccc(Cl)nc3)C[C@H]2C1.[I-]. The van der Waals surface area contributed by atoms with Gasteiger partial charge < -0.3 is 33.4 Å². The van der Waals surface area contributed by atoms with Gasteiger partial charge in [-0.2, -0.15) is 0 Å². The Balaban J connectivity index is 0.00000120. The molecule has 0 unspecified atom stereocenters. The first-order valence-corrected chi connectivity index (χ1v) is 6.60. The van der Waals surface area contributed by atoms with Crippen molar-refractivity contribution >= 4 is 17.3 Å². The number of rotatable bonds is 1. The maximum absolute atomic E-state index is 5.82. The molecule has 2 saturated heterocycles. The highest BCUT2D eigenvalue weighted by atomic mass is 127. The lowest BCUT2D eigenvalue weighted by molar-refractivity contribution is -0.880. The highest BCUT2D eigenvalue weighted by Gasteiger charge is 2.45. The van der Waals surface area contributed by atoms with Crippen molar-refractivity contribution in [2.45, 2.75) is 0 Å². The molecule has 2 aliphatic rings. The summed E-state index contributed by atoms with van der Waals surface area (Å²) in [7, 11) is 4.68. The van der Waals surface area contributed by atoms with Crippen LogP contribution in [-0.2, 0) is 0 Å². The van der Waals surface area contributed by atoms with Crippen LogP contribution in [0.25, 0.3) is 0 Å². The van der Waals surface area contributed by atoms with Gasteiger partial charge in [0.05, 0.1) is 39.1 Å². The number of aromatic nitrogens is 1. The molecule has 1 aromatic heterocycles. The third-order valence-corrected chi connectivity index (χ3v) is 4.33. The molecule has 18 heavy (non-hydrogen) atoms. The molecule has 1 aromatic rings. The van der Waals surface area contributed by atoms with E-state index in [4.69, 9.17) is 11.6 Å². The fourth-order valence-electron chi connectivity index (χ4n) is 3.46. The molecule has 3 nitrogen and oxygen atoms in total. The predicted molar refractivity (Wildman–Crippen MR) is 70.3 cm³/mol. The van der Waals surface area contributed by atoms with Crippen LogP contribution in [0.15, 0.2) is 18.3 Å². The number of fused-ring (bicyclic) bond motifs is 1. The monoisotopic (exact) mass is 379 g/mol. The molecule has 2 fully saturated rings. The summed E-state index contributed by atoms with van der Waals surface area (Å²) in [6.45, 7) is 4.97. The van der Waals surface area contributed by atoms with Crippen molar-refractivity contribution in [1.29, 1.82) is 0 Å². The van der Waals surface area contributed by atoms with E-state index in [0.29, 0.717) is 5.15 Å². The molecule has 2 aliphatic heterocycles. The van der Waals surface area contributed by atoms with Gasteiger partial charge in [-0.1, -0.05) is 11.6 Å². The Kier molecular flexibility index (Phi) is 4.09. The molecule has 0 N–H and O–H groups in total. The molecule has 0 amide bonds. The summed E-state index contributed by atoms with van der Waals surface area (Å²) in [6, 6.07) is 3.96. The number of pyridine rings is 1. The van der Waals surface area contributed by atoms with Crippen molar-refractivity contribution in [1.82, 2.24) is 4.98 Å². The highest BCUT2D eigenvalue weighted by molar-refractivity contribution is 6.29. The topological polar surface area (TPSA) is 16.1 Å². The van der Waals surface area contributed by atoms with Gasteiger partial charge in [0.25, 0.3) is 0 Å². The highest BCUT2D eigenvalue weighted by Crippen LogP contribution is 2.35. The van der Waals surface area contributed by atoms with Crippen LogP contribution in [0.5, 0.6) is 0 Å². The van der Waals surface area contributed by atoms with E-state index < -0.39 is 0 Å². The lowest BCUT2D eigenvalue weighted by Crippen LogP contribution is -3.00. The predicted octanol–water partition coefficient (Wildman–Crippen LogP) is -1.12. The summed E-state index contributed by atoms with van der Waals surface area (Å²) in [5.74, 6) is 1.70. The van der Waals surface area contributed by atoms with Gasteiger partial charge in [-0.3, -0.25) is 0 Å². The Labute approximate surface area is 131 Å². The van der Waals surface area contributed by atoms with Crippen LogP contribution < -0.4 is 28.9 Å². The number of hydrogen-bond acceptors (Lipinski definition) is 2. The van der Waals surface area contributed by atoms with Crippen molar-refractivity contribution < 1.29 is 28.5 Å².